The van der Waals surface area contributed by atoms with Gasteiger partial charge in [0.2, 0.25) is 6.54 Å². The number of aliphatic hydroxyl groups is 1. The van der Waals surface area contributed by atoms with E-state index in [1.54, 1.807) is 30.3 Å². The quantitative estimate of drug-likeness (QED) is 0.594. The molecule has 0 heterocycles. The maximum Gasteiger partial charge on any atom is 0.420 e. The molecule has 1 atom stereocenters. The molecule has 0 aliphatic heterocycles. The summed E-state index contributed by atoms with van der Waals surface area (Å²) in [7, 11) is 1.10. The Morgan fingerprint density at radius 2 is 1.81 bits per heavy atom. The van der Waals surface area contributed by atoms with Crippen molar-refractivity contribution in [1.82, 2.24) is 0 Å². The first-order chi connectivity index (χ1) is 12.2. The van der Waals surface area contributed by atoms with Gasteiger partial charge < -0.3 is 14.6 Å². The second kappa shape index (κ2) is 8.05. The Bertz CT molecular complexity index is 765. The molecule has 2 aromatic carbocycles. The van der Waals surface area contributed by atoms with Crippen LogP contribution in [0.3, 0.4) is 0 Å². The molecule has 0 saturated heterocycles. The lowest BCUT2D eigenvalue weighted by Crippen LogP contribution is -2.16. The number of benzene rings is 2. The standard InChI is InChI=1S/C17H16F3NO5/c1-25-15-12(14(22)9-21(23)24)7-8-13(17(18,19)20)16(15)26-10-11-5-3-2-4-6-11/h2-8,14,22H,9-10H2,1H3. The molecule has 0 spiro atoms. The van der Waals surface area contributed by atoms with Crippen molar-refractivity contribution in [3.8, 4) is 11.5 Å². The molecule has 0 aliphatic carbocycles. The highest BCUT2D eigenvalue weighted by atomic mass is 19.4. The van der Waals surface area contributed by atoms with Crippen molar-refractivity contribution >= 4 is 0 Å². The van der Waals surface area contributed by atoms with Crippen LogP contribution < -0.4 is 9.47 Å². The van der Waals surface area contributed by atoms with Gasteiger partial charge in [0.1, 0.15) is 18.3 Å². The average Bonchev–Trinajstić information content (AvgIpc) is 2.58. The van der Waals surface area contributed by atoms with E-state index in [9.17, 15) is 28.4 Å². The average molecular weight is 371 g/mol. The fourth-order valence-electron chi connectivity index (χ4n) is 2.39. The van der Waals surface area contributed by atoms with Crippen LogP contribution in [0.25, 0.3) is 0 Å². The number of nitro groups is 1. The summed E-state index contributed by atoms with van der Waals surface area (Å²) in [6.07, 6.45) is -6.37. The summed E-state index contributed by atoms with van der Waals surface area (Å²) >= 11 is 0. The van der Waals surface area contributed by atoms with Crippen LogP contribution in [0.1, 0.15) is 22.8 Å². The number of methoxy groups -OCH3 is 1. The van der Waals surface area contributed by atoms with Crippen LogP contribution >= 0.6 is 0 Å². The first kappa shape index (κ1) is 19.5. The van der Waals surface area contributed by atoms with E-state index in [4.69, 9.17) is 9.47 Å². The Morgan fingerprint density at radius 1 is 1.15 bits per heavy atom. The molecule has 0 aromatic heterocycles. The van der Waals surface area contributed by atoms with E-state index in [0.29, 0.717) is 11.6 Å². The summed E-state index contributed by atoms with van der Waals surface area (Å²) in [6.45, 7) is -1.05. The van der Waals surface area contributed by atoms with Gasteiger partial charge in [0.05, 0.1) is 7.11 Å². The van der Waals surface area contributed by atoms with Gasteiger partial charge in [0.15, 0.2) is 11.5 Å². The van der Waals surface area contributed by atoms with Crippen LogP contribution in [0.4, 0.5) is 13.2 Å². The monoisotopic (exact) mass is 371 g/mol. The predicted molar refractivity (Wildman–Crippen MR) is 85.6 cm³/mol. The zero-order valence-corrected chi connectivity index (χ0v) is 13.7. The van der Waals surface area contributed by atoms with Crippen LogP contribution in [0.2, 0.25) is 0 Å². The van der Waals surface area contributed by atoms with Crippen molar-refractivity contribution < 1.29 is 32.7 Å². The predicted octanol–water partition coefficient (Wildman–Crippen LogP) is 3.60. The third-order valence-corrected chi connectivity index (χ3v) is 3.56. The number of hydrogen-bond acceptors (Lipinski definition) is 5. The zero-order valence-electron chi connectivity index (χ0n) is 13.7. The normalized spacial score (nSPS) is 12.5. The molecule has 9 heteroatoms. The van der Waals surface area contributed by atoms with E-state index in [0.717, 1.165) is 13.2 Å². The van der Waals surface area contributed by atoms with Crippen LogP contribution in [0.5, 0.6) is 11.5 Å². The fraction of sp³-hybridized carbons (Fsp3) is 0.294. The van der Waals surface area contributed by atoms with E-state index in [1.165, 1.54) is 0 Å². The number of alkyl halides is 3. The Hall–Kier alpha value is -2.81. The first-order valence-electron chi connectivity index (χ1n) is 7.48. The van der Waals surface area contributed by atoms with E-state index < -0.39 is 35.1 Å². The molecule has 2 rings (SSSR count). The Kier molecular flexibility index (Phi) is 6.04. The summed E-state index contributed by atoms with van der Waals surface area (Å²) in [6, 6.07) is 10.2. The molecule has 0 saturated carbocycles. The summed E-state index contributed by atoms with van der Waals surface area (Å²) < 4.78 is 50.3. The maximum atomic E-state index is 13.3. The molecule has 0 bridgehead atoms. The fourth-order valence-corrected chi connectivity index (χ4v) is 2.39. The van der Waals surface area contributed by atoms with E-state index in [1.807, 2.05) is 0 Å². The minimum Gasteiger partial charge on any atom is -0.492 e. The number of hydrogen-bond donors (Lipinski definition) is 1. The molecule has 2 aromatic rings. The van der Waals surface area contributed by atoms with Gasteiger partial charge in [0, 0.05) is 10.5 Å². The maximum absolute atomic E-state index is 13.3. The van der Waals surface area contributed by atoms with Gasteiger partial charge in [-0.2, -0.15) is 13.2 Å². The Balaban J connectivity index is 2.47. The van der Waals surface area contributed by atoms with Gasteiger partial charge in [-0.1, -0.05) is 36.4 Å². The number of halogens is 3. The van der Waals surface area contributed by atoms with Gasteiger partial charge in [-0.05, 0) is 11.6 Å². The van der Waals surface area contributed by atoms with Crippen LogP contribution in [0.15, 0.2) is 42.5 Å². The number of nitrogens with zero attached hydrogens (tertiary/aromatic N) is 1. The molecule has 0 fully saturated rings. The largest absolute Gasteiger partial charge is 0.492 e. The van der Waals surface area contributed by atoms with Crippen molar-refractivity contribution in [1.29, 1.82) is 0 Å². The molecule has 0 radical (unpaired) electrons. The minimum absolute atomic E-state index is 0.153. The topological polar surface area (TPSA) is 81.8 Å². The van der Waals surface area contributed by atoms with E-state index >= 15 is 0 Å². The van der Waals surface area contributed by atoms with Gasteiger partial charge in [-0.3, -0.25) is 10.1 Å². The van der Waals surface area contributed by atoms with Crippen molar-refractivity contribution in [2.45, 2.75) is 18.9 Å². The Labute approximate surface area is 146 Å². The lowest BCUT2D eigenvalue weighted by atomic mass is 10.0. The SMILES string of the molecule is COc1c(C(O)C[N+](=O)[O-])ccc(C(F)(F)F)c1OCc1ccccc1. The number of rotatable bonds is 7. The highest BCUT2D eigenvalue weighted by molar-refractivity contribution is 5.54. The highest BCUT2D eigenvalue weighted by Crippen LogP contribution is 2.45. The number of ether oxygens (including phenoxy) is 2. The summed E-state index contributed by atoms with van der Waals surface area (Å²) in [5.74, 6) is -1.01. The molecule has 0 amide bonds. The van der Waals surface area contributed by atoms with Crippen LogP contribution in [0, 0.1) is 10.1 Å². The van der Waals surface area contributed by atoms with Gasteiger partial charge >= 0.3 is 6.18 Å². The van der Waals surface area contributed by atoms with E-state index in [2.05, 4.69) is 0 Å². The third kappa shape index (κ3) is 4.63. The lowest BCUT2D eigenvalue weighted by molar-refractivity contribution is -0.491. The summed E-state index contributed by atoms with van der Waals surface area (Å²) in [5, 5.41) is 20.5. The van der Waals surface area contributed by atoms with Gasteiger partial charge in [-0.15, -0.1) is 0 Å². The Morgan fingerprint density at radius 3 is 2.35 bits per heavy atom. The molecule has 1 N–H and O–H groups in total. The van der Waals surface area contributed by atoms with Gasteiger partial charge in [0.25, 0.3) is 0 Å². The molecule has 0 aliphatic rings. The second-order valence-electron chi connectivity index (χ2n) is 5.37. The van der Waals surface area contributed by atoms with Crippen LogP contribution in [-0.4, -0.2) is 23.7 Å². The molecule has 26 heavy (non-hydrogen) atoms. The molecular weight excluding hydrogens is 355 g/mol. The smallest absolute Gasteiger partial charge is 0.420 e. The summed E-state index contributed by atoms with van der Waals surface area (Å²) in [4.78, 5) is 9.83. The lowest BCUT2D eigenvalue weighted by Gasteiger charge is -2.20. The molecule has 1 unspecified atom stereocenters. The minimum atomic E-state index is -4.73. The molecular formula is C17H16F3NO5. The van der Waals surface area contributed by atoms with Crippen molar-refractivity contribution in [2.24, 2.45) is 0 Å². The summed E-state index contributed by atoms with van der Waals surface area (Å²) in [5.41, 5.74) is -0.624. The van der Waals surface area contributed by atoms with Crippen molar-refractivity contribution in [3.63, 3.8) is 0 Å². The number of aliphatic hydroxyl groups excluding tert-OH is 1. The zero-order chi connectivity index (χ0) is 19.3. The second-order valence-corrected chi connectivity index (χ2v) is 5.37. The van der Waals surface area contributed by atoms with Crippen molar-refractivity contribution in [2.75, 3.05) is 13.7 Å². The molecule has 6 nitrogen and oxygen atoms in total. The third-order valence-electron chi connectivity index (χ3n) is 3.56. The molecule has 140 valence electrons. The highest BCUT2D eigenvalue weighted by Gasteiger charge is 2.37. The van der Waals surface area contributed by atoms with Crippen LogP contribution in [-0.2, 0) is 12.8 Å². The first-order valence-corrected chi connectivity index (χ1v) is 7.48. The van der Waals surface area contributed by atoms with Gasteiger partial charge in [-0.25, -0.2) is 0 Å². The van der Waals surface area contributed by atoms with Crippen molar-refractivity contribution in [3.05, 3.63) is 69.3 Å². The van der Waals surface area contributed by atoms with E-state index in [-0.39, 0.29) is 17.9 Å².